The molecule has 0 fully saturated rings. The molecular formula is C16H18N2O3. The summed E-state index contributed by atoms with van der Waals surface area (Å²) < 4.78 is 10.9. The van der Waals surface area contributed by atoms with E-state index < -0.39 is 0 Å². The van der Waals surface area contributed by atoms with Crippen molar-refractivity contribution in [1.29, 1.82) is 0 Å². The highest BCUT2D eigenvalue weighted by Crippen LogP contribution is 2.28. The first-order valence-electron chi connectivity index (χ1n) is 6.97. The van der Waals surface area contributed by atoms with Gasteiger partial charge in [0.1, 0.15) is 17.3 Å². The van der Waals surface area contributed by atoms with Crippen LogP contribution in [0, 0.1) is 6.92 Å². The minimum Gasteiger partial charge on any atom is -0.482 e. The van der Waals surface area contributed by atoms with Crippen LogP contribution >= 0.6 is 0 Å². The molecule has 2 heterocycles. The van der Waals surface area contributed by atoms with Gasteiger partial charge < -0.3 is 19.8 Å². The summed E-state index contributed by atoms with van der Waals surface area (Å²) in [7, 11) is 0. The number of hydrogen-bond acceptors (Lipinski definition) is 4. The Balaban J connectivity index is 1.65. The number of nitrogens with one attached hydrogen (secondary N) is 2. The first-order chi connectivity index (χ1) is 10.1. The van der Waals surface area contributed by atoms with E-state index in [2.05, 4.69) is 17.6 Å². The SMILES string of the molecule is Cc1ccc(C(C)NCc2ccc3c(c2)NC(=O)CO3)o1. The molecule has 0 radical (unpaired) electrons. The monoisotopic (exact) mass is 286 g/mol. The van der Waals surface area contributed by atoms with Gasteiger partial charge in [-0.15, -0.1) is 0 Å². The third-order valence-corrected chi connectivity index (χ3v) is 3.48. The van der Waals surface area contributed by atoms with Crippen LogP contribution in [-0.2, 0) is 11.3 Å². The van der Waals surface area contributed by atoms with Crippen LogP contribution in [0.4, 0.5) is 5.69 Å². The molecule has 1 aromatic heterocycles. The summed E-state index contributed by atoms with van der Waals surface area (Å²) >= 11 is 0. The first kappa shape index (κ1) is 13.7. The van der Waals surface area contributed by atoms with Gasteiger partial charge in [-0.2, -0.15) is 0 Å². The molecule has 1 unspecified atom stereocenters. The topological polar surface area (TPSA) is 63.5 Å². The molecule has 110 valence electrons. The molecule has 1 aliphatic heterocycles. The molecule has 0 aliphatic carbocycles. The van der Waals surface area contributed by atoms with Gasteiger partial charge in [0.2, 0.25) is 0 Å². The molecule has 0 bridgehead atoms. The Labute approximate surface area is 123 Å². The predicted octanol–water partition coefficient (Wildman–Crippen LogP) is 2.77. The number of furan rings is 1. The van der Waals surface area contributed by atoms with Crippen molar-refractivity contribution in [3.63, 3.8) is 0 Å². The molecule has 1 amide bonds. The van der Waals surface area contributed by atoms with Gasteiger partial charge in [0.05, 0.1) is 11.7 Å². The predicted molar refractivity (Wildman–Crippen MR) is 79.3 cm³/mol. The zero-order valence-corrected chi connectivity index (χ0v) is 12.1. The number of anilines is 1. The van der Waals surface area contributed by atoms with E-state index >= 15 is 0 Å². The van der Waals surface area contributed by atoms with E-state index in [1.54, 1.807) is 0 Å². The van der Waals surface area contributed by atoms with Gasteiger partial charge in [-0.05, 0) is 43.7 Å². The first-order valence-corrected chi connectivity index (χ1v) is 6.97. The summed E-state index contributed by atoms with van der Waals surface area (Å²) in [5, 5.41) is 6.21. The third-order valence-electron chi connectivity index (χ3n) is 3.48. The quantitative estimate of drug-likeness (QED) is 0.907. The van der Waals surface area contributed by atoms with Crippen molar-refractivity contribution >= 4 is 11.6 Å². The van der Waals surface area contributed by atoms with Gasteiger partial charge in [0.25, 0.3) is 5.91 Å². The normalized spacial score (nSPS) is 15.0. The third kappa shape index (κ3) is 3.08. The second-order valence-electron chi connectivity index (χ2n) is 5.22. The van der Waals surface area contributed by atoms with Crippen molar-refractivity contribution in [2.24, 2.45) is 0 Å². The van der Waals surface area contributed by atoms with Gasteiger partial charge in [0, 0.05) is 6.54 Å². The number of fused-ring (bicyclic) bond motifs is 1. The molecule has 5 nitrogen and oxygen atoms in total. The maximum atomic E-state index is 11.3. The van der Waals surface area contributed by atoms with Crippen LogP contribution < -0.4 is 15.4 Å². The molecule has 1 atom stereocenters. The lowest BCUT2D eigenvalue weighted by Gasteiger charge is -2.19. The van der Waals surface area contributed by atoms with Gasteiger partial charge in [-0.1, -0.05) is 6.07 Å². The summed E-state index contributed by atoms with van der Waals surface area (Å²) in [6, 6.07) is 9.87. The van der Waals surface area contributed by atoms with E-state index in [9.17, 15) is 4.79 Å². The number of amides is 1. The summed E-state index contributed by atoms with van der Waals surface area (Å²) in [5.74, 6) is 2.43. The van der Waals surface area contributed by atoms with E-state index in [0.29, 0.717) is 12.3 Å². The van der Waals surface area contributed by atoms with Crippen LogP contribution in [0.1, 0.15) is 30.0 Å². The van der Waals surface area contributed by atoms with E-state index in [-0.39, 0.29) is 18.6 Å². The highest BCUT2D eigenvalue weighted by atomic mass is 16.5. The fourth-order valence-corrected chi connectivity index (χ4v) is 2.30. The lowest BCUT2D eigenvalue weighted by atomic mass is 10.1. The molecule has 5 heteroatoms. The number of hydrogen-bond donors (Lipinski definition) is 2. The zero-order valence-electron chi connectivity index (χ0n) is 12.1. The number of ether oxygens (including phenoxy) is 1. The summed E-state index contributed by atoms with van der Waals surface area (Å²) in [6.07, 6.45) is 0. The Morgan fingerprint density at radius 1 is 1.33 bits per heavy atom. The van der Waals surface area contributed by atoms with E-state index in [1.165, 1.54) is 0 Å². The van der Waals surface area contributed by atoms with Crippen LogP contribution in [-0.4, -0.2) is 12.5 Å². The Hall–Kier alpha value is -2.27. The van der Waals surface area contributed by atoms with Crippen LogP contribution in [0.5, 0.6) is 5.75 Å². The molecule has 2 N–H and O–H groups in total. The Morgan fingerprint density at radius 3 is 2.95 bits per heavy atom. The molecule has 21 heavy (non-hydrogen) atoms. The smallest absolute Gasteiger partial charge is 0.262 e. The summed E-state index contributed by atoms with van der Waals surface area (Å²) in [5.41, 5.74) is 1.81. The van der Waals surface area contributed by atoms with E-state index in [0.717, 1.165) is 22.8 Å². The molecule has 1 aromatic carbocycles. The fraction of sp³-hybridized carbons (Fsp3) is 0.312. The minimum atomic E-state index is -0.118. The molecule has 3 rings (SSSR count). The number of benzene rings is 1. The summed E-state index contributed by atoms with van der Waals surface area (Å²) in [4.78, 5) is 11.3. The van der Waals surface area contributed by atoms with Crippen molar-refractivity contribution in [3.05, 3.63) is 47.4 Å². The molecule has 2 aromatic rings. The Morgan fingerprint density at radius 2 is 2.19 bits per heavy atom. The fourth-order valence-electron chi connectivity index (χ4n) is 2.30. The van der Waals surface area contributed by atoms with Gasteiger partial charge in [-0.25, -0.2) is 0 Å². The van der Waals surface area contributed by atoms with Crippen molar-refractivity contribution in [2.75, 3.05) is 11.9 Å². The van der Waals surface area contributed by atoms with Crippen LogP contribution in [0.15, 0.2) is 34.7 Å². The molecule has 0 spiro atoms. The molecule has 1 aliphatic rings. The highest BCUT2D eigenvalue weighted by molar-refractivity contribution is 5.95. The largest absolute Gasteiger partial charge is 0.482 e. The lowest BCUT2D eigenvalue weighted by Crippen LogP contribution is -2.25. The van der Waals surface area contributed by atoms with E-state index in [1.807, 2.05) is 37.3 Å². The second-order valence-corrected chi connectivity index (χ2v) is 5.22. The van der Waals surface area contributed by atoms with Crippen molar-refractivity contribution < 1.29 is 13.9 Å². The van der Waals surface area contributed by atoms with Gasteiger partial charge >= 0.3 is 0 Å². The molecule has 0 saturated heterocycles. The highest BCUT2D eigenvalue weighted by Gasteiger charge is 2.16. The van der Waals surface area contributed by atoms with Gasteiger partial charge in [-0.3, -0.25) is 4.79 Å². The lowest BCUT2D eigenvalue weighted by molar-refractivity contribution is -0.118. The number of carbonyl (C=O) groups is 1. The van der Waals surface area contributed by atoms with E-state index in [4.69, 9.17) is 9.15 Å². The standard InChI is InChI=1S/C16H18N2O3/c1-10-3-5-14(21-10)11(2)17-8-12-4-6-15-13(7-12)18-16(19)9-20-15/h3-7,11,17H,8-9H2,1-2H3,(H,18,19). The Kier molecular flexibility index (Phi) is 3.66. The number of rotatable bonds is 4. The minimum absolute atomic E-state index is 0.0828. The number of aryl methyl sites for hydroxylation is 1. The van der Waals surface area contributed by atoms with Gasteiger partial charge in [0.15, 0.2) is 6.61 Å². The Bertz CT molecular complexity index is 663. The number of carbonyl (C=O) groups excluding carboxylic acids is 1. The average Bonchev–Trinajstić information content (AvgIpc) is 2.91. The van der Waals surface area contributed by atoms with Crippen molar-refractivity contribution in [1.82, 2.24) is 5.32 Å². The van der Waals surface area contributed by atoms with Crippen LogP contribution in [0.25, 0.3) is 0 Å². The average molecular weight is 286 g/mol. The summed E-state index contributed by atoms with van der Waals surface area (Å²) in [6.45, 7) is 4.76. The van der Waals surface area contributed by atoms with Crippen molar-refractivity contribution in [2.45, 2.75) is 26.4 Å². The maximum Gasteiger partial charge on any atom is 0.262 e. The van der Waals surface area contributed by atoms with Crippen LogP contribution in [0.3, 0.4) is 0 Å². The zero-order chi connectivity index (χ0) is 14.8. The molecule has 0 saturated carbocycles. The second kappa shape index (κ2) is 5.61. The van der Waals surface area contributed by atoms with Crippen LogP contribution in [0.2, 0.25) is 0 Å². The maximum absolute atomic E-state index is 11.3. The van der Waals surface area contributed by atoms with Crippen molar-refractivity contribution in [3.8, 4) is 5.75 Å². The molecular weight excluding hydrogens is 268 g/mol.